The summed E-state index contributed by atoms with van der Waals surface area (Å²) in [5, 5.41) is 8.83. The van der Waals surface area contributed by atoms with Crippen LogP contribution in [0, 0.1) is 11.3 Å². The number of nitrogens with two attached hydrogens (primary N) is 1. The Bertz CT molecular complexity index is 799. The summed E-state index contributed by atoms with van der Waals surface area (Å²) in [6.07, 6.45) is 0. The van der Waals surface area contributed by atoms with Crippen molar-refractivity contribution in [2.24, 2.45) is 0 Å². The summed E-state index contributed by atoms with van der Waals surface area (Å²) < 4.78 is 1.08. The van der Waals surface area contributed by atoms with E-state index in [1.54, 1.807) is 29.0 Å². The SMILES string of the molecule is CN(c1ccc(C#N)cc1)c1ccc2scnc2c1N. The van der Waals surface area contributed by atoms with E-state index < -0.39 is 0 Å². The van der Waals surface area contributed by atoms with Gasteiger partial charge in [-0.1, -0.05) is 0 Å². The van der Waals surface area contributed by atoms with Gasteiger partial charge in [-0.2, -0.15) is 5.26 Å². The summed E-state index contributed by atoms with van der Waals surface area (Å²) in [6, 6.07) is 13.5. The lowest BCUT2D eigenvalue weighted by Crippen LogP contribution is -2.11. The van der Waals surface area contributed by atoms with Crippen LogP contribution in [0.15, 0.2) is 41.9 Å². The van der Waals surface area contributed by atoms with E-state index in [2.05, 4.69) is 11.1 Å². The fourth-order valence-corrected chi connectivity index (χ4v) is 2.83. The number of nitriles is 1. The largest absolute Gasteiger partial charge is 0.395 e. The molecular formula is C15H12N4S. The highest BCUT2D eigenvalue weighted by Crippen LogP contribution is 2.35. The van der Waals surface area contributed by atoms with E-state index in [0.29, 0.717) is 11.3 Å². The van der Waals surface area contributed by atoms with Gasteiger partial charge < -0.3 is 10.6 Å². The smallest absolute Gasteiger partial charge is 0.106 e. The Kier molecular flexibility index (Phi) is 3.01. The van der Waals surface area contributed by atoms with Crippen molar-refractivity contribution in [1.82, 2.24) is 4.98 Å². The molecule has 0 bridgehead atoms. The zero-order valence-electron chi connectivity index (χ0n) is 10.9. The minimum absolute atomic E-state index is 0.644. The van der Waals surface area contributed by atoms with Gasteiger partial charge >= 0.3 is 0 Å². The highest BCUT2D eigenvalue weighted by molar-refractivity contribution is 7.16. The summed E-state index contributed by atoms with van der Waals surface area (Å²) in [6.45, 7) is 0. The zero-order valence-corrected chi connectivity index (χ0v) is 11.7. The number of thiazole rings is 1. The number of fused-ring (bicyclic) bond motifs is 1. The third-order valence-corrected chi connectivity index (χ3v) is 4.06. The van der Waals surface area contributed by atoms with E-state index in [0.717, 1.165) is 21.6 Å². The number of anilines is 3. The topological polar surface area (TPSA) is 65.9 Å². The third kappa shape index (κ3) is 1.96. The number of aromatic nitrogens is 1. The van der Waals surface area contributed by atoms with Gasteiger partial charge in [0.25, 0.3) is 0 Å². The van der Waals surface area contributed by atoms with Gasteiger partial charge in [-0.25, -0.2) is 4.98 Å². The average Bonchev–Trinajstić information content (AvgIpc) is 2.96. The highest BCUT2D eigenvalue weighted by Gasteiger charge is 2.11. The lowest BCUT2D eigenvalue weighted by atomic mass is 10.2. The minimum atomic E-state index is 0.644. The second kappa shape index (κ2) is 4.83. The first-order valence-electron chi connectivity index (χ1n) is 6.06. The molecule has 0 aliphatic heterocycles. The van der Waals surface area contributed by atoms with E-state index in [-0.39, 0.29) is 0 Å². The Morgan fingerprint density at radius 3 is 2.65 bits per heavy atom. The van der Waals surface area contributed by atoms with Gasteiger partial charge in [-0.3, -0.25) is 0 Å². The first kappa shape index (κ1) is 12.5. The highest BCUT2D eigenvalue weighted by atomic mass is 32.1. The predicted molar refractivity (Wildman–Crippen MR) is 83.3 cm³/mol. The van der Waals surface area contributed by atoms with Gasteiger partial charge in [0.2, 0.25) is 0 Å². The van der Waals surface area contributed by atoms with Crippen LogP contribution < -0.4 is 10.6 Å². The molecule has 5 heteroatoms. The van der Waals surface area contributed by atoms with Gasteiger partial charge in [0, 0.05) is 12.7 Å². The summed E-state index contributed by atoms with van der Waals surface area (Å²) >= 11 is 1.58. The van der Waals surface area contributed by atoms with Crippen molar-refractivity contribution in [2.75, 3.05) is 17.7 Å². The van der Waals surface area contributed by atoms with Crippen molar-refractivity contribution < 1.29 is 0 Å². The monoisotopic (exact) mass is 280 g/mol. The van der Waals surface area contributed by atoms with E-state index in [1.807, 2.05) is 36.2 Å². The van der Waals surface area contributed by atoms with Crippen LogP contribution in [0.25, 0.3) is 10.2 Å². The number of nitrogen functional groups attached to an aromatic ring is 1. The lowest BCUT2D eigenvalue weighted by Gasteiger charge is -2.21. The molecule has 0 aliphatic carbocycles. The van der Waals surface area contributed by atoms with Gasteiger partial charge in [0.05, 0.1) is 33.2 Å². The molecule has 20 heavy (non-hydrogen) atoms. The summed E-state index contributed by atoms with van der Waals surface area (Å²) in [5.41, 5.74) is 12.1. The van der Waals surface area contributed by atoms with Crippen LogP contribution in [-0.4, -0.2) is 12.0 Å². The van der Waals surface area contributed by atoms with Crippen molar-refractivity contribution in [3.05, 3.63) is 47.5 Å². The van der Waals surface area contributed by atoms with Crippen molar-refractivity contribution in [1.29, 1.82) is 5.26 Å². The molecule has 0 aliphatic rings. The Labute approximate surface area is 120 Å². The maximum Gasteiger partial charge on any atom is 0.106 e. The van der Waals surface area contributed by atoms with Crippen LogP contribution in [0.1, 0.15) is 5.56 Å². The van der Waals surface area contributed by atoms with Gasteiger partial charge in [0.15, 0.2) is 0 Å². The second-order valence-corrected chi connectivity index (χ2v) is 5.30. The maximum atomic E-state index is 8.83. The zero-order chi connectivity index (χ0) is 14.1. The first-order chi connectivity index (χ1) is 9.70. The van der Waals surface area contributed by atoms with E-state index in [9.17, 15) is 0 Å². The van der Waals surface area contributed by atoms with Crippen LogP contribution in [0.4, 0.5) is 17.1 Å². The maximum absolute atomic E-state index is 8.83. The number of benzene rings is 2. The molecule has 0 unspecified atom stereocenters. The molecule has 0 fully saturated rings. The molecule has 1 heterocycles. The Morgan fingerprint density at radius 1 is 1.20 bits per heavy atom. The van der Waals surface area contributed by atoms with Crippen molar-refractivity contribution in [3.8, 4) is 6.07 Å². The minimum Gasteiger partial charge on any atom is -0.395 e. The number of hydrogen-bond acceptors (Lipinski definition) is 5. The molecule has 0 saturated carbocycles. The number of rotatable bonds is 2. The fraction of sp³-hybridized carbons (Fsp3) is 0.0667. The Hall–Kier alpha value is -2.58. The standard InChI is InChI=1S/C15H12N4S/c1-19(11-4-2-10(8-16)3-5-11)12-6-7-13-15(14(12)17)18-9-20-13/h2-7,9H,17H2,1H3. The second-order valence-electron chi connectivity index (χ2n) is 4.42. The molecule has 0 amide bonds. The number of nitrogens with zero attached hydrogens (tertiary/aromatic N) is 3. The summed E-state index contributed by atoms with van der Waals surface area (Å²) in [7, 11) is 1.95. The summed E-state index contributed by atoms with van der Waals surface area (Å²) in [5.74, 6) is 0. The molecule has 3 aromatic rings. The van der Waals surface area contributed by atoms with Crippen LogP contribution in [-0.2, 0) is 0 Å². The van der Waals surface area contributed by atoms with E-state index >= 15 is 0 Å². The van der Waals surface area contributed by atoms with Crippen molar-refractivity contribution in [3.63, 3.8) is 0 Å². The lowest BCUT2D eigenvalue weighted by molar-refractivity contribution is 1.21. The normalized spacial score (nSPS) is 10.4. The number of hydrogen-bond donors (Lipinski definition) is 1. The Morgan fingerprint density at radius 2 is 1.95 bits per heavy atom. The quantitative estimate of drug-likeness (QED) is 0.729. The van der Waals surface area contributed by atoms with Crippen molar-refractivity contribution in [2.45, 2.75) is 0 Å². The molecule has 2 aromatic carbocycles. The van der Waals surface area contributed by atoms with Crippen LogP contribution >= 0.6 is 11.3 Å². The molecule has 98 valence electrons. The molecule has 0 atom stereocenters. The van der Waals surface area contributed by atoms with Crippen molar-refractivity contribution >= 4 is 38.6 Å². The average molecular weight is 280 g/mol. The fourth-order valence-electron chi connectivity index (χ4n) is 2.13. The van der Waals surface area contributed by atoms with Gasteiger partial charge in [0.1, 0.15) is 5.52 Å². The molecule has 0 spiro atoms. The van der Waals surface area contributed by atoms with Crippen LogP contribution in [0.3, 0.4) is 0 Å². The van der Waals surface area contributed by atoms with Crippen LogP contribution in [0.5, 0.6) is 0 Å². The molecule has 0 radical (unpaired) electrons. The predicted octanol–water partition coefficient (Wildman–Crippen LogP) is 3.52. The van der Waals surface area contributed by atoms with Crippen LogP contribution in [0.2, 0.25) is 0 Å². The molecular weight excluding hydrogens is 268 g/mol. The van der Waals surface area contributed by atoms with E-state index in [1.165, 1.54) is 0 Å². The molecule has 2 N–H and O–H groups in total. The molecule has 0 saturated heterocycles. The first-order valence-corrected chi connectivity index (χ1v) is 6.94. The summed E-state index contributed by atoms with van der Waals surface area (Å²) in [4.78, 5) is 6.30. The Balaban J connectivity index is 2.05. The van der Waals surface area contributed by atoms with E-state index in [4.69, 9.17) is 11.0 Å². The third-order valence-electron chi connectivity index (χ3n) is 3.26. The molecule has 1 aromatic heterocycles. The van der Waals surface area contributed by atoms with Gasteiger partial charge in [-0.05, 0) is 36.4 Å². The van der Waals surface area contributed by atoms with Gasteiger partial charge in [-0.15, -0.1) is 11.3 Å². The molecule has 4 nitrogen and oxygen atoms in total. The molecule has 3 rings (SSSR count).